The molecule has 1 N–H and O–H groups in total. The molecule has 0 aliphatic rings. The largest absolute Gasteiger partial charge is 0.464 e. The van der Waals surface area contributed by atoms with Crippen LogP contribution in [-0.4, -0.2) is 29.1 Å². The summed E-state index contributed by atoms with van der Waals surface area (Å²) in [7, 11) is 1.34. The van der Waals surface area contributed by atoms with Crippen LogP contribution in [0.15, 0.2) is 12.1 Å². The van der Waals surface area contributed by atoms with E-state index in [0.29, 0.717) is 11.7 Å². The monoisotopic (exact) mass is 251 g/mol. The molecule has 0 bridgehead atoms. The van der Waals surface area contributed by atoms with Gasteiger partial charge in [-0.15, -0.1) is 0 Å². The molecule has 0 saturated heterocycles. The number of nitrogens with zero attached hydrogens (tertiary/aromatic N) is 2. The molecule has 2 aromatic rings. The maximum atomic E-state index is 11.3. The van der Waals surface area contributed by atoms with Crippen LogP contribution in [0.4, 0.5) is 5.13 Å². The molecule has 17 heavy (non-hydrogen) atoms. The van der Waals surface area contributed by atoms with Crippen molar-refractivity contribution in [2.75, 3.05) is 12.4 Å². The van der Waals surface area contributed by atoms with Gasteiger partial charge >= 0.3 is 5.97 Å². The van der Waals surface area contributed by atoms with Crippen molar-refractivity contribution in [2.45, 2.75) is 19.9 Å². The molecule has 0 amide bonds. The van der Waals surface area contributed by atoms with Crippen molar-refractivity contribution in [2.24, 2.45) is 0 Å². The van der Waals surface area contributed by atoms with Crippen LogP contribution in [0.2, 0.25) is 0 Å². The number of aromatic nitrogens is 2. The molecular weight excluding hydrogens is 238 g/mol. The highest BCUT2D eigenvalue weighted by molar-refractivity contribution is 7.21. The summed E-state index contributed by atoms with van der Waals surface area (Å²) in [6.45, 7) is 4.08. The van der Waals surface area contributed by atoms with Crippen molar-refractivity contribution >= 4 is 32.8 Å². The fourth-order valence-electron chi connectivity index (χ4n) is 1.34. The van der Waals surface area contributed by atoms with E-state index >= 15 is 0 Å². The number of esters is 1. The van der Waals surface area contributed by atoms with Crippen molar-refractivity contribution < 1.29 is 9.53 Å². The molecule has 2 heterocycles. The number of carbonyl (C=O) groups is 1. The molecule has 5 nitrogen and oxygen atoms in total. The molecule has 0 saturated carbocycles. The van der Waals surface area contributed by atoms with Crippen LogP contribution in [0.5, 0.6) is 0 Å². The molecule has 0 unspecified atom stereocenters. The molecule has 0 spiro atoms. The van der Waals surface area contributed by atoms with E-state index in [2.05, 4.69) is 20.0 Å². The average Bonchev–Trinajstić information content (AvgIpc) is 2.67. The van der Waals surface area contributed by atoms with Gasteiger partial charge in [-0.3, -0.25) is 0 Å². The molecule has 0 aromatic carbocycles. The second kappa shape index (κ2) is 4.67. The molecule has 0 aliphatic carbocycles. The highest BCUT2D eigenvalue weighted by atomic mass is 32.1. The molecule has 0 atom stereocenters. The second-order valence-electron chi connectivity index (χ2n) is 3.83. The normalized spacial score (nSPS) is 10.8. The number of pyridine rings is 1. The zero-order valence-electron chi connectivity index (χ0n) is 9.85. The summed E-state index contributed by atoms with van der Waals surface area (Å²) >= 11 is 1.43. The number of hydrogen-bond acceptors (Lipinski definition) is 6. The number of anilines is 1. The van der Waals surface area contributed by atoms with E-state index < -0.39 is 5.97 Å². The molecule has 6 heteroatoms. The number of ether oxygens (including phenoxy) is 1. The van der Waals surface area contributed by atoms with Gasteiger partial charge in [0.15, 0.2) is 5.13 Å². The zero-order valence-corrected chi connectivity index (χ0v) is 10.7. The number of rotatable bonds is 3. The van der Waals surface area contributed by atoms with Crippen molar-refractivity contribution in [1.82, 2.24) is 9.97 Å². The zero-order chi connectivity index (χ0) is 12.4. The standard InChI is InChI=1S/C11H13N3O2S/c1-6(2)12-11-14-7-4-5-8(10(15)16-3)13-9(7)17-11/h4-6H,1-3H3,(H,12,14). The lowest BCUT2D eigenvalue weighted by Gasteiger charge is -2.03. The third-order valence-corrected chi connectivity index (χ3v) is 2.96. The minimum atomic E-state index is -0.432. The van der Waals surface area contributed by atoms with Gasteiger partial charge in [0.25, 0.3) is 0 Å². The van der Waals surface area contributed by atoms with Crippen LogP contribution >= 0.6 is 11.3 Å². The Morgan fingerprint density at radius 2 is 2.18 bits per heavy atom. The van der Waals surface area contributed by atoms with Crippen LogP contribution in [0.25, 0.3) is 10.3 Å². The number of hydrogen-bond donors (Lipinski definition) is 1. The van der Waals surface area contributed by atoms with Crippen LogP contribution in [0.1, 0.15) is 24.3 Å². The van der Waals surface area contributed by atoms with Gasteiger partial charge in [-0.1, -0.05) is 11.3 Å². The number of nitrogens with one attached hydrogen (secondary N) is 1. The SMILES string of the molecule is COC(=O)c1ccc2nc(NC(C)C)sc2n1. The van der Waals surface area contributed by atoms with Gasteiger partial charge < -0.3 is 10.1 Å². The van der Waals surface area contributed by atoms with E-state index in [1.807, 2.05) is 13.8 Å². The van der Waals surface area contributed by atoms with E-state index in [1.165, 1.54) is 18.4 Å². The summed E-state index contributed by atoms with van der Waals surface area (Å²) in [5.41, 5.74) is 1.09. The molecule has 0 radical (unpaired) electrons. The van der Waals surface area contributed by atoms with Crippen LogP contribution in [0, 0.1) is 0 Å². The summed E-state index contributed by atoms with van der Waals surface area (Å²) < 4.78 is 4.62. The topological polar surface area (TPSA) is 64.1 Å². The van der Waals surface area contributed by atoms with Crippen molar-refractivity contribution in [3.05, 3.63) is 17.8 Å². The lowest BCUT2D eigenvalue weighted by molar-refractivity contribution is 0.0594. The summed E-state index contributed by atoms with van der Waals surface area (Å²) in [4.78, 5) is 20.6. The average molecular weight is 251 g/mol. The molecule has 2 aromatic heterocycles. The van der Waals surface area contributed by atoms with Crippen LogP contribution in [0.3, 0.4) is 0 Å². The smallest absolute Gasteiger partial charge is 0.356 e. The molecule has 0 aliphatic heterocycles. The Morgan fingerprint density at radius 3 is 2.82 bits per heavy atom. The third-order valence-electron chi connectivity index (χ3n) is 2.06. The summed E-state index contributed by atoms with van der Waals surface area (Å²) in [5, 5.41) is 4.02. The van der Waals surface area contributed by atoms with Gasteiger partial charge in [0, 0.05) is 6.04 Å². The van der Waals surface area contributed by atoms with Crippen LogP contribution < -0.4 is 5.32 Å². The lowest BCUT2D eigenvalue weighted by Crippen LogP contribution is -2.08. The van der Waals surface area contributed by atoms with Gasteiger partial charge in [-0.25, -0.2) is 14.8 Å². The second-order valence-corrected chi connectivity index (χ2v) is 4.81. The van der Waals surface area contributed by atoms with E-state index in [-0.39, 0.29) is 0 Å². The van der Waals surface area contributed by atoms with Crippen molar-refractivity contribution in [3.8, 4) is 0 Å². The first-order valence-electron chi connectivity index (χ1n) is 5.22. The predicted molar refractivity (Wildman–Crippen MR) is 67.5 cm³/mol. The molecular formula is C11H13N3O2S. The van der Waals surface area contributed by atoms with E-state index in [9.17, 15) is 4.79 Å². The molecule has 0 fully saturated rings. The Hall–Kier alpha value is -1.69. The van der Waals surface area contributed by atoms with Gasteiger partial charge in [0.05, 0.1) is 7.11 Å². The van der Waals surface area contributed by atoms with Gasteiger partial charge in [-0.2, -0.15) is 0 Å². The van der Waals surface area contributed by atoms with Crippen molar-refractivity contribution in [1.29, 1.82) is 0 Å². The fourth-order valence-corrected chi connectivity index (χ4v) is 2.33. The highest BCUT2D eigenvalue weighted by Gasteiger charge is 2.11. The minimum Gasteiger partial charge on any atom is -0.464 e. The maximum absolute atomic E-state index is 11.3. The van der Waals surface area contributed by atoms with E-state index in [0.717, 1.165) is 15.5 Å². The number of fused-ring (bicyclic) bond motifs is 1. The number of carbonyl (C=O) groups excluding carboxylic acids is 1. The Labute approximate surface area is 103 Å². The van der Waals surface area contributed by atoms with Gasteiger partial charge in [0.1, 0.15) is 16.0 Å². The van der Waals surface area contributed by atoms with Crippen molar-refractivity contribution in [3.63, 3.8) is 0 Å². The van der Waals surface area contributed by atoms with E-state index in [1.54, 1.807) is 12.1 Å². The quantitative estimate of drug-likeness (QED) is 0.848. The van der Waals surface area contributed by atoms with Crippen LogP contribution in [-0.2, 0) is 4.74 Å². The summed E-state index contributed by atoms with van der Waals surface area (Å²) in [6.07, 6.45) is 0. The van der Waals surface area contributed by atoms with E-state index in [4.69, 9.17) is 0 Å². The lowest BCUT2D eigenvalue weighted by atomic mass is 10.3. The van der Waals surface area contributed by atoms with Gasteiger partial charge in [-0.05, 0) is 26.0 Å². The minimum absolute atomic E-state index is 0.305. The Balaban J connectivity index is 2.37. The number of methoxy groups -OCH3 is 1. The summed E-state index contributed by atoms with van der Waals surface area (Å²) in [5.74, 6) is -0.432. The molecule has 90 valence electrons. The fraction of sp³-hybridized carbons (Fsp3) is 0.364. The third kappa shape index (κ3) is 2.52. The summed E-state index contributed by atoms with van der Waals surface area (Å²) in [6, 6.07) is 3.71. The van der Waals surface area contributed by atoms with Gasteiger partial charge in [0.2, 0.25) is 0 Å². The first kappa shape index (κ1) is 11.8. The number of thiazole rings is 1. The Bertz CT molecular complexity index is 551. The Morgan fingerprint density at radius 1 is 1.41 bits per heavy atom. The maximum Gasteiger partial charge on any atom is 0.356 e. The first-order chi connectivity index (χ1) is 8.10. The highest BCUT2D eigenvalue weighted by Crippen LogP contribution is 2.24. The first-order valence-corrected chi connectivity index (χ1v) is 6.04. The Kier molecular flexibility index (Phi) is 3.23. The molecule has 2 rings (SSSR count). The predicted octanol–water partition coefficient (Wildman–Crippen LogP) is 2.30.